The van der Waals surface area contributed by atoms with Crippen LogP contribution in [0.2, 0.25) is 0 Å². The van der Waals surface area contributed by atoms with Gasteiger partial charge < -0.3 is 10.2 Å². The monoisotopic (exact) mass is 319 g/mol. The van der Waals surface area contributed by atoms with Crippen molar-refractivity contribution in [3.63, 3.8) is 0 Å². The van der Waals surface area contributed by atoms with Gasteiger partial charge in [0, 0.05) is 12.2 Å². The number of aromatic hydroxyl groups is 1. The summed E-state index contributed by atoms with van der Waals surface area (Å²) >= 11 is 0. The Morgan fingerprint density at radius 1 is 0.875 bits per heavy atom. The molecule has 0 spiro atoms. The Kier molecular flexibility index (Phi) is 3.89. The third kappa shape index (κ3) is 2.73. The number of hydrogen-bond acceptors (Lipinski definition) is 1. The van der Waals surface area contributed by atoms with Gasteiger partial charge in [-0.25, -0.2) is 0 Å². The Morgan fingerprint density at radius 2 is 1.62 bits per heavy atom. The zero-order chi connectivity index (χ0) is 16.5. The molecule has 3 unspecified atom stereocenters. The molecule has 3 N–H and O–H groups in total. The molecule has 0 amide bonds. The van der Waals surface area contributed by atoms with E-state index in [2.05, 4.69) is 54.6 Å². The minimum atomic E-state index is 0.318. The maximum atomic E-state index is 9.66. The fraction of sp³-hybridized carbons (Fsp3) is 0.273. The topological polar surface area (TPSA) is 43.1 Å². The molecule has 2 aromatic carbocycles. The van der Waals surface area contributed by atoms with Crippen LogP contribution in [0.5, 0.6) is 5.75 Å². The average molecular weight is 319 g/mol. The summed E-state index contributed by atoms with van der Waals surface area (Å²) in [6.45, 7) is 0. The summed E-state index contributed by atoms with van der Waals surface area (Å²) in [6.07, 6.45) is 7.26. The Labute approximate surface area is 142 Å². The normalized spacial score (nSPS) is 26.2. The first kappa shape index (κ1) is 15.1. The van der Waals surface area contributed by atoms with Crippen molar-refractivity contribution < 1.29 is 10.2 Å². The first-order valence-electron chi connectivity index (χ1n) is 8.68. The van der Waals surface area contributed by atoms with Crippen LogP contribution in [0.3, 0.4) is 0 Å². The van der Waals surface area contributed by atoms with Gasteiger partial charge in [-0.15, -0.1) is 0 Å². The van der Waals surface area contributed by atoms with E-state index in [9.17, 15) is 5.11 Å². The second-order valence-electron chi connectivity index (χ2n) is 6.89. The van der Waals surface area contributed by atoms with Gasteiger partial charge in [0.15, 0.2) is 0 Å². The lowest BCUT2D eigenvalue weighted by Gasteiger charge is -2.41. The predicted octanol–water partition coefficient (Wildman–Crippen LogP) is 4.61. The fourth-order valence-electron chi connectivity index (χ4n) is 4.42. The standard InChI is InChI=1S/C22H22O2/c23-18-9-6-16(7-10-18)22-20(15-4-2-1-3-5-15)12-8-17-14-19(24)11-13-21(17)22/h1-7,9-11,14,20-24H,8,12-13H2/p+1. The van der Waals surface area contributed by atoms with Gasteiger partial charge in [0.2, 0.25) is 5.76 Å². The Morgan fingerprint density at radius 3 is 2.38 bits per heavy atom. The van der Waals surface area contributed by atoms with E-state index in [-0.39, 0.29) is 0 Å². The van der Waals surface area contributed by atoms with Crippen LogP contribution in [0.25, 0.3) is 0 Å². The molecule has 24 heavy (non-hydrogen) atoms. The van der Waals surface area contributed by atoms with Gasteiger partial charge in [-0.1, -0.05) is 48.0 Å². The molecule has 4 rings (SSSR count). The average Bonchev–Trinajstić information content (AvgIpc) is 2.62. The molecule has 0 bridgehead atoms. The summed E-state index contributed by atoms with van der Waals surface area (Å²) in [6, 6.07) is 18.5. The van der Waals surface area contributed by atoms with Crippen LogP contribution in [0.4, 0.5) is 0 Å². The third-order valence-corrected chi connectivity index (χ3v) is 5.53. The predicted molar refractivity (Wildman–Crippen MR) is 97.2 cm³/mol. The molecule has 0 saturated heterocycles. The van der Waals surface area contributed by atoms with Gasteiger partial charge in [-0.3, -0.25) is 0 Å². The highest BCUT2D eigenvalue weighted by molar-refractivity contribution is 5.39. The van der Waals surface area contributed by atoms with E-state index in [1.807, 2.05) is 0 Å². The molecule has 0 radical (unpaired) electrons. The molecule has 3 atom stereocenters. The Bertz CT molecular complexity index is 771. The van der Waals surface area contributed by atoms with Crippen molar-refractivity contribution >= 4 is 0 Å². The van der Waals surface area contributed by atoms with Crippen LogP contribution in [-0.2, 0) is 0 Å². The van der Waals surface area contributed by atoms with Crippen molar-refractivity contribution in [1.29, 1.82) is 0 Å². The van der Waals surface area contributed by atoms with Gasteiger partial charge in [-0.05, 0) is 60.3 Å². The molecular formula is C22H23O2+. The summed E-state index contributed by atoms with van der Waals surface area (Å²) in [7, 11) is 0. The number of allylic oxidation sites excluding steroid dienone is 3. The van der Waals surface area contributed by atoms with Crippen LogP contribution in [0.15, 0.2) is 78.1 Å². The lowest BCUT2D eigenvalue weighted by Crippen LogP contribution is -2.28. The highest BCUT2D eigenvalue weighted by Crippen LogP contribution is 2.52. The van der Waals surface area contributed by atoms with E-state index in [1.165, 1.54) is 16.7 Å². The van der Waals surface area contributed by atoms with Crippen LogP contribution in [0.1, 0.15) is 42.2 Å². The van der Waals surface area contributed by atoms with Gasteiger partial charge in [0.25, 0.3) is 0 Å². The minimum Gasteiger partial charge on any atom is -0.594 e. The third-order valence-electron chi connectivity index (χ3n) is 5.53. The molecule has 2 aliphatic rings. The molecule has 0 aliphatic heterocycles. The summed E-state index contributed by atoms with van der Waals surface area (Å²) in [5.41, 5.74) is 4.11. The second kappa shape index (κ2) is 6.20. The first-order valence-corrected chi connectivity index (χ1v) is 8.68. The van der Waals surface area contributed by atoms with E-state index < -0.39 is 0 Å². The summed E-state index contributed by atoms with van der Waals surface area (Å²) in [4.78, 5) is 0. The van der Waals surface area contributed by atoms with Crippen molar-refractivity contribution in [3.8, 4) is 5.75 Å². The zero-order valence-corrected chi connectivity index (χ0v) is 13.7. The Hall–Kier alpha value is -2.48. The van der Waals surface area contributed by atoms with Crippen LogP contribution < -0.4 is 0 Å². The number of phenols is 1. The molecule has 2 nitrogen and oxygen atoms in total. The first-order chi connectivity index (χ1) is 11.7. The molecule has 0 heterocycles. The number of benzene rings is 2. The molecule has 122 valence electrons. The number of rotatable bonds is 2. The van der Waals surface area contributed by atoms with Crippen LogP contribution in [-0.4, -0.2) is 10.2 Å². The quantitative estimate of drug-likeness (QED) is 0.807. The van der Waals surface area contributed by atoms with E-state index in [0.29, 0.717) is 29.3 Å². The second-order valence-corrected chi connectivity index (χ2v) is 6.89. The molecular weight excluding hydrogens is 296 g/mol. The minimum absolute atomic E-state index is 0.318. The Balaban J connectivity index is 1.77. The van der Waals surface area contributed by atoms with Crippen molar-refractivity contribution in [2.24, 2.45) is 5.92 Å². The highest BCUT2D eigenvalue weighted by Gasteiger charge is 2.39. The number of fused-ring (bicyclic) bond motifs is 1. The largest absolute Gasteiger partial charge is 0.594 e. The van der Waals surface area contributed by atoms with Crippen LogP contribution >= 0.6 is 0 Å². The van der Waals surface area contributed by atoms with E-state index in [1.54, 1.807) is 12.1 Å². The molecule has 2 heteroatoms. The molecule has 2 aliphatic carbocycles. The maximum Gasteiger partial charge on any atom is 0.249 e. The van der Waals surface area contributed by atoms with Crippen molar-refractivity contribution in [3.05, 3.63) is 89.2 Å². The smallest absolute Gasteiger partial charge is 0.249 e. The van der Waals surface area contributed by atoms with Gasteiger partial charge >= 0.3 is 0 Å². The molecule has 1 fully saturated rings. The molecule has 2 aromatic rings. The van der Waals surface area contributed by atoms with Gasteiger partial charge in [0.05, 0.1) is 0 Å². The fourth-order valence-corrected chi connectivity index (χ4v) is 4.42. The number of phenolic OH excluding ortho intramolecular Hbond substituents is 1. The SMILES string of the molecule is Oc1ccc(C2C3CC=C([OH2+])C=C3CCC2c2ccccc2)cc1. The van der Waals surface area contributed by atoms with Crippen molar-refractivity contribution in [1.82, 2.24) is 0 Å². The highest BCUT2D eigenvalue weighted by atomic mass is 16.3. The van der Waals surface area contributed by atoms with Crippen molar-refractivity contribution in [2.45, 2.75) is 31.1 Å². The van der Waals surface area contributed by atoms with E-state index in [0.717, 1.165) is 19.3 Å². The van der Waals surface area contributed by atoms with E-state index >= 15 is 0 Å². The van der Waals surface area contributed by atoms with Crippen LogP contribution in [0, 0.1) is 5.92 Å². The summed E-state index contributed by atoms with van der Waals surface area (Å²) in [5, 5.41) is 17.6. The lowest BCUT2D eigenvalue weighted by molar-refractivity contribution is 0.327. The van der Waals surface area contributed by atoms with E-state index in [4.69, 9.17) is 5.11 Å². The maximum absolute atomic E-state index is 9.66. The summed E-state index contributed by atoms with van der Waals surface area (Å²) in [5.74, 6) is 2.32. The summed E-state index contributed by atoms with van der Waals surface area (Å²) < 4.78 is 0. The molecule has 0 aromatic heterocycles. The number of hydrogen-bond donors (Lipinski definition) is 1. The van der Waals surface area contributed by atoms with Crippen molar-refractivity contribution in [2.75, 3.05) is 0 Å². The van der Waals surface area contributed by atoms with Gasteiger partial charge in [-0.2, -0.15) is 0 Å². The zero-order valence-electron chi connectivity index (χ0n) is 13.7. The van der Waals surface area contributed by atoms with Gasteiger partial charge in [0.1, 0.15) is 5.75 Å². The molecule has 1 saturated carbocycles. The lowest BCUT2D eigenvalue weighted by atomic mass is 9.62.